The Labute approximate surface area is 178 Å². The van der Waals surface area contributed by atoms with Gasteiger partial charge in [-0.15, -0.1) is 0 Å². The average Bonchev–Trinajstić information content (AvgIpc) is 2.73. The number of carbonyl (C=O) groups is 1. The summed E-state index contributed by atoms with van der Waals surface area (Å²) in [5.74, 6) is -0.166. The predicted octanol–water partition coefficient (Wildman–Crippen LogP) is 6.35. The number of hydrogen-bond donors (Lipinski definition) is 2. The second-order valence-electron chi connectivity index (χ2n) is 7.24. The van der Waals surface area contributed by atoms with Crippen LogP contribution in [0.5, 0.6) is 0 Å². The van der Waals surface area contributed by atoms with Crippen LogP contribution in [-0.2, 0) is 4.79 Å². The van der Waals surface area contributed by atoms with Gasteiger partial charge in [-0.3, -0.25) is 4.79 Å². The van der Waals surface area contributed by atoms with Gasteiger partial charge in [0.15, 0.2) is 0 Å². The molecule has 0 heterocycles. The standard InChI is InChI=1S/C26H41NO2/c1-4-7-10-11-12-13-14-15-16-17-18-19-20-21-25(28)27-24-26(29,22-8-5-2)23-9-6-3/h4,7,10-13,16-21,29H,5-6,8-9,14-15,22-24H2,1-3H3,(H,27,28). The van der Waals surface area contributed by atoms with Gasteiger partial charge < -0.3 is 10.4 Å². The Morgan fingerprint density at radius 1 is 0.828 bits per heavy atom. The molecule has 0 unspecified atom stereocenters. The molecule has 0 aliphatic rings. The molecule has 2 N–H and O–H groups in total. The van der Waals surface area contributed by atoms with Crippen LogP contribution in [-0.4, -0.2) is 23.2 Å². The van der Waals surface area contributed by atoms with Crippen LogP contribution in [0.15, 0.2) is 72.9 Å². The summed E-state index contributed by atoms with van der Waals surface area (Å²) in [4.78, 5) is 12.0. The summed E-state index contributed by atoms with van der Waals surface area (Å²) in [5.41, 5.74) is -0.787. The van der Waals surface area contributed by atoms with Crippen LogP contribution >= 0.6 is 0 Å². The normalized spacial score (nSPS) is 13.4. The zero-order valence-electron chi connectivity index (χ0n) is 18.6. The van der Waals surface area contributed by atoms with E-state index in [0.29, 0.717) is 6.54 Å². The maximum Gasteiger partial charge on any atom is 0.244 e. The van der Waals surface area contributed by atoms with Gasteiger partial charge in [-0.1, -0.05) is 106 Å². The van der Waals surface area contributed by atoms with E-state index in [4.69, 9.17) is 0 Å². The lowest BCUT2D eigenvalue weighted by molar-refractivity contribution is -0.118. The van der Waals surface area contributed by atoms with Crippen molar-refractivity contribution in [2.75, 3.05) is 6.54 Å². The summed E-state index contributed by atoms with van der Waals surface area (Å²) in [6, 6.07) is 0. The molecule has 0 bridgehead atoms. The lowest BCUT2D eigenvalue weighted by Gasteiger charge is -2.28. The van der Waals surface area contributed by atoms with Gasteiger partial charge in [-0.25, -0.2) is 0 Å². The summed E-state index contributed by atoms with van der Waals surface area (Å²) < 4.78 is 0. The minimum absolute atomic E-state index is 0.166. The van der Waals surface area contributed by atoms with Gasteiger partial charge in [0, 0.05) is 12.6 Å². The van der Waals surface area contributed by atoms with Crippen molar-refractivity contribution in [2.45, 2.75) is 77.7 Å². The zero-order chi connectivity index (χ0) is 21.6. The first-order valence-electron chi connectivity index (χ1n) is 11.0. The van der Waals surface area contributed by atoms with E-state index in [1.807, 2.05) is 49.5 Å². The molecule has 0 rings (SSSR count). The molecular weight excluding hydrogens is 358 g/mol. The number of amides is 1. The molecule has 0 aliphatic carbocycles. The van der Waals surface area contributed by atoms with Crippen molar-refractivity contribution in [3.8, 4) is 0 Å². The second-order valence-corrected chi connectivity index (χ2v) is 7.24. The van der Waals surface area contributed by atoms with E-state index in [1.165, 1.54) is 6.08 Å². The third-order valence-corrected chi connectivity index (χ3v) is 4.46. The topological polar surface area (TPSA) is 49.3 Å². The first-order chi connectivity index (χ1) is 14.1. The van der Waals surface area contributed by atoms with E-state index < -0.39 is 5.60 Å². The van der Waals surface area contributed by atoms with Crippen LogP contribution in [0.1, 0.15) is 72.1 Å². The summed E-state index contributed by atoms with van der Waals surface area (Å²) >= 11 is 0. The van der Waals surface area contributed by atoms with Crippen molar-refractivity contribution < 1.29 is 9.90 Å². The van der Waals surface area contributed by atoms with Gasteiger partial charge in [0.2, 0.25) is 5.91 Å². The maximum absolute atomic E-state index is 12.0. The van der Waals surface area contributed by atoms with Crippen molar-refractivity contribution in [2.24, 2.45) is 0 Å². The highest BCUT2D eigenvalue weighted by atomic mass is 16.3. The molecule has 162 valence electrons. The number of carbonyl (C=O) groups excluding carboxylic acids is 1. The molecule has 0 saturated heterocycles. The predicted molar refractivity (Wildman–Crippen MR) is 127 cm³/mol. The number of unbranched alkanes of at least 4 members (excludes halogenated alkanes) is 3. The van der Waals surface area contributed by atoms with Gasteiger partial charge >= 0.3 is 0 Å². The number of aliphatic hydroxyl groups is 1. The molecule has 3 heteroatoms. The van der Waals surface area contributed by atoms with E-state index in [0.717, 1.165) is 51.4 Å². The number of rotatable bonds is 16. The van der Waals surface area contributed by atoms with Gasteiger partial charge in [-0.2, -0.15) is 0 Å². The van der Waals surface area contributed by atoms with Gasteiger partial charge in [-0.05, 0) is 32.6 Å². The Balaban J connectivity index is 4.13. The minimum Gasteiger partial charge on any atom is -0.388 e. The smallest absolute Gasteiger partial charge is 0.244 e. The van der Waals surface area contributed by atoms with E-state index in [1.54, 1.807) is 6.08 Å². The summed E-state index contributed by atoms with van der Waals surface area (Å²) in [5, 5.41) is 13.6. The molecule has 0 radical (unpaired) electrons. The molecule has 0 aromatic heterocycles. The first kappa shape index (κ1) is 26.9. The average molecular weight is 400 g/mol. The van der Waals surface area contributed by atoms with Crippen LogP contribution in [0.4, 0.5) is 0 Å². The monoisotopic (exact) mass is 399 g/mol. The lowest BCUT2D eigenvalue weighted by Crippen LogP contribution is -2.42. The number of nitrogens with one attached hydrogen (secondary N) is 1. The Bertz CT molecular complexity index is 572. The molecule has 1 amide bonds. The van der Waals surface area contributed by atoms with Crippen molar-refractivity contribution in [3.05, 3.63) is 72.9 Å². The Kier molecular flexibility index (Phi) is 17.8. The number of allylic oxidation sites excluding steroid dienone is 11. The van der Waals surface area contributed by atoms with Crippen molar-refractivity contribution >= 4 is 5.91 Å². The molecule has 0 fully saturated rings. The highest BCUT2D eigenvalue weighted by molar-refractivity contribution is 5.87. The zero-order valence-corrected chi connectivity index (χ0v) is 18.6. The minimum atomic E-state index is -0.787. The summed E-state index contributed by atoms with van der Waals surface area (Å²) in [7, 11) is 0. The molecule has 3 nitrogen and oxygen atoms in total. The van der Waals surface area contributed by atoms with Crippen LogP contribution in [0.25, 0.3) is 0 Å². The van der Waals surface area contributed by atoms with E-state index in [-0.39, 0.29) is 5.91 Å². The maximum atomic E-state index is 12.0. The van der Waals surface area contributed by atoms with E-state index >= 15 is 0 Å². The van der Waals surface area contributed by atoms with Gasteiger partial charge in [0.05, 0.1) is 5.60 Å². The number of hydrogen-bond acceptors (Lipinski definition) is 2. The molecule has 0 aliphatic heterocycles. The van der Waals surface area contributed by atoms with Gasteiger partial charge in [0.1, 0.15) is 0 Å². The van der Waals surface area contributed by atoms with Crippen molar-refractivity contribution in [1.29, 1.82) is 0 Å². The fourth-order valence-corrected chi connectivity index (χ4v) is 2.68. The SMILES string of the molecule is CC=CC=CC=CCCC=CC=CC=CC(=O)NCC(O)(CCCC)CCCC. The molecule has 0 spiro atoms. The highest BCUT2D eigenvalue weighted by Crippen LogP contribution is 2.20. The van der Waals surface area contributed by atoms with Crippen LogP contribution in [0.3, 0.4) is 0 Å². The quantitative estimate of drug-likeness (QED) is 0.180. The Hall–Kier alpha value is -2.13. The van der Waals surface area contributed by atoms with Gasteiger partial charge in [0.25, 0.3) is 0 Å². The Morgan fingerprint density at radius 2 is 1.34 bits per heavy atom. The van der Waals surface area contributed by atoms with Crippen LogP contribution < -0.4 is 5.32 Å². The third kappa shape index (κ3) is 17.7. The van der Waals surface area contributed by atoms with Crippen molar-refractivity contribution in [1.82, 2.24) is 5.32 Å². The summed E-state index contributed by atoms with van der Waals surface area (Å²) in [6.07, 6.45) is 30.8. The molecule has 0 saturated carbocycles. The highest BCUT2D eigenvalue weighted by Gasteiger charge is 2.25. The van der Waals surface area contributed by atoms with E-state index in [2.05, 4.69) is 37.4 Å². The van der Waals surface area contributed by atoms with E-state index in [9.17, 15) is 9.90 Å². The summed E-state index contributed by atoms with van der Waals surface area (Å²) in [6.45, 7) is 6.54. The van der Waals surface area contributed by atoms with Crippen LogP contribution in [0, 0.1) is 0 Å². The first-order valence-corrected chi connectivity index (χ1v) is 11.0. The molecule has 29 heavy (non-hydrogen) atoms. The lowest BCUT2D eigenvalue weighted by atomic mass is 9.91. The molecule has 0 atom stereocenters. The molecule has 0 aromatic rings. The fraction of sp³-hybridized carbons (Fsp3) is 0.500. The third-order valence-electron chi connectivity index (χ3n) is 4.46. The molecule has 0 aromatic carbocycles. The largest absolute Gasteiger partial charge is 0.388 e. The second kappa shape index (κ2) is 19.2. The Morgan fingerprint density at radius 3 is 1.86 bits per heavy atom. The molecular formula is C26H41NO2. The fourth-order valence-electron chi connectivity index (χ4n) is 2.68. The van der Waals surface area contributed by atoms with Crippen molar-refractivity contribution in [3.63, 3.8) is 0 Å². The van der Waals surface area contributed by atoms with Crippen LogP contribution in [0.2, 0.25) is 0 Å².